The minimum Gasteiger partial charge on any atom is -0.480 e. The topological polar surface area (TPSA) is 99.1 Å². The Labute approximate surface area is 106 Å². The molecular formula is C11H20N2O5. The van der Waals surface area contributed by atoms with E-state index in [1.165, 1.54) is 12.0 Å². The van der Waals surface area contributed by atoms with Crippen molar-refractivity contribution in [1.82, 2.24) is 10.2 Å². The average Bonchev–Trinajstić information content (AvgIpc) is 2.33. The van der Waals surface area contributed by atoms with Gasteiger partial charge < -0.3 is 25.2 Å². The highest BCUT2D eigenvalue weighted by Gasteiger charge is 2.26. The summed E-state index contributed by atoms with van der Waals surface area (Å²) in [5.41, 5.74) is 0. The Morgan fingerprint density at radius 2 is 2.28 bits per heavy atom. The Morgan fingerprint density at radius 1 is 1.56 bits per heavy atom. The molecule has 3 N–H and O–H groups in total. The van der Waals surface area contributed by atoms with Crippen molar-refractivity contribution in [3.8, 4) is 0 Å². The molecule has 0 bridgehead atoms. The lowest BCUT2D eigenvalue weighted by Crippen LogP contribution is -2.52. The molecule has 0 radical (unpaired) electrons. The second-order valence-electron chi connectivity index (χ2n) is 4.36. The fourth-order valence-corrected chi connectivity index (χ4v) is 1.87. The van der Waals surface area contributed by atoms with E-state index in [1.807, 2.05) is 0 Å². The van der Waals surface area contributed by atoms with Crippen LogP contribution in [0.3, 0.4) is 0 Å². The zero-order valence-electron chi connectivity index (χ0n) is 10.5. The summed E-state index contributed by atoms with van der Waals surface area (Å²) in [5.74, 6) is -1.09. The van der Waals surface area contributed by atoms with Gasteiger partial charge in [-0.2, -0.15) is 0 Å². The summed E-state index contributed by atoms with van der Waals surface area (Å²) in [4.78, 5) is 24.2. The summed E-state index contributed by atoms with van der Waals surface area (Å²) in [6, 6.07) is -1.41. The van der Waals surface area contributed by atoms with E-state index in [1.54, 1.807) is 0 Å². The predicted molar refractivity (Wildman–Crippen MR) is 63.3 cm³/mol. The molecule has 0 spiro atoms. The summed E-state index contributed by atoms with van der Waals surface area (Å²) in [6.45, 7) is 1.06. The number of carbonyl (C=O) groups is 2. The molecule has 7 heteroatoms. The number of carbonyl (C=O) groups excluding carboxylic acids is 1. The van der Waals surface area contributed by atoms with E-state index >= 15 is 0 Å². The molecule has 104 valence electrons. The van der Waals surface area contributed by atoms with Crippen LogP contribution in [0.1, 0.15) is 19.3 Å². The van der Waals surface area contributed by atoms with Gasteiger partial charge in [-0.1, -0.05) is 0 Å². The molecule has 1 aliphatic rings. The zero-order chi connectivity index (χ0) is 13.5. The minimum absolute atomic E-state index is 0.216. The number of aliphatic carboxylic acids is 1. The molecule has 1 aliphatic heterocycles. The maximum Gasteiger partial charge on any atom is 0.326 e. The third kappa shape index (κ3) is 4.50. The summed E-state index contributed by atoms with van der Waals surface area (Å²) < 4.78 is 4.80. The molecule has 0 aliphatic carbocycles. The number of nitrogens with one attached hydrogen (secondary N) is 1. The number of β-amino-alcohol motifs (C(OH)–C–C–N with tert-alkyl or cyclic N) is 1. The quantitative estimate of drug-likeness (QED) is 0.627. The van der Waals surface area contributed by atoms with E-state index in [2.05, 4.69) is 5.32 Å². The normalized spacial score (nSPS) is 21.4. The Bertz CT molecular complexity index is 297. The third-order valence-corrected chi connectivity index (χ3v) is 2.89. The first-order valence-corrected chi connectivity index (χ1v) is 6.00. The van der Waals surface area contributed by atoms with E-state index in [4.69, 9.17) is 9.84 Å². The maximum atomic E-state index is 11.8. The van der Waals surface area contributed by atoms with Crippen LogP contribution < -0.4 is 5.32 Å². The van der Waals surface area contributed by atoms with Crippen LogP contribution in [0.15, 0.2) is 0 Å². The highest BCUT2D eigenvalue weighted by Crippen LogP contribution is 2.10. The molecule has 1 saturated heterocycles. The molecule has 0 aromatic carbocycles. The molecule has 2 amide bonds. The van der Waals surface area contributed by atoms with Gasteiger partial charge in [0.05, 0.1) is 6.10 Å². The van der Waals surface area contributed by atoms with Crippen LogP contribution in [0.4, 0.5) is 4.79 Å². The van der Waals surface area contributed by atoms with Gasteiger partial charge in [0.15, 0.2) is 0 Å². The van der Waals surface area contributed by atoms with Crippen molar-refractivity contribution < 1.29 is 24.5 Å². The molecule has 2 atom stereocenters. The Morgan fingerprint density at radius 3 is 2.83 bits per heavy atom. The molecule has 0 saturated carbocycles. The number of amides is 2. The first kappa shape index (κ1) is 14.7. The number of nitrogens with zero attached hydrogens (tertiary/aromatic N) is 1. The number of piperidine rings is 1. The van der Waals surface area contributed by atoms with Crippen molar-refractivity contribution in [2.75, 3.05) is 26.8 Å². The van der Waals surface area contributed by atoms with Crippen LogP contribution in [0.25, 0.3) is 0 Å². The van der Waals surface area contributed by atoms with Gasteiger partial charge in [-0.3, -0.25) is 0 Å². The van der Waals surface area contributed by atoms with Gasteiger partial charge in [0, 0.05) is 33.2 Å². The second-order valence-corrected chi connectivity index (χ2v) is 4.36. The molecule has 0 aromatic rings. The van der Waals surface area contributed by atoms with Gasteiger partial charge in [0.1, 0.15) is 6.04 Å². The number of carboxylic acids is 1. The van der Waals surface area contributed by atoms with Gasteiger partial charge in [-0.05, 0) is 12.8 Å². The first-order chi connectivity index (χ1) is 8.54. The second kappa shape index (κ2) is 7.17. The number of hydrogen-bond acceptors (Lipinski definition) is 4. The largest absolute Gasteiger partial charge is 0.480 e. The minimum atomic E-state index is -1.09. The molecule has 1 heterocycles. The Hall–Kier alpha value is -1.34. The summed E-state index contributed by atoms with van der Waals surface area (Å²) in [7, 11) is 1.47. The number of ether oxygens (including phenoxy) is 1. The van der Waals surface area contributed by atoms with Crippen LogP contribution in [0.2, 0.25) is 0 Å². The number of methoxy groups -OCH3 is 1. The molecule has 18 heavy (non-hydrogen) atoms. The number of hydrogen-bond donors (Lipinski definition) is 3. The van der Waals surface area contributed by atoms with Gasteiger partial charge in [0.25, 0.3) is 0 Å². The zero-order valence-corrected chi connectivity index (χ0v) is 10.5. The van der Waals surface area contributed by atoms with E-state index in [0.29, 0.717) is 13.0 Å². The van der Waals surface area contributed by atoms with Crippen LogP contribution in [0, 0.1) is 0 Å². The van der Waals surface area contributed by atoms with E-state index in [0.717, 1.165) is 6.42 Å². The highest BCUT2D eigenvalue weighted by molar-refractivity contribution is 5.82. The standard InChI is InChI=1S/C11H20N2O5/c1-18-6-4-9(10(15)16)12-11(17)13-5-2-3-8(14)7-13/h8-9,14H,2-7H2,1H3,(H,12,17)(H,15,16). The lowest BCUT2D eigenvalue weighted by atomic mass is 10.1. The summed E-state index contributed by atoms with van der Waals surface area (Å²) in [5, 5.41) is 20.9. The molecule has 1 rings (SSSR count). The Kier molecular flexibility index (Phi) is 5.87. The molecular weight excluding hydrogens is 240 g/mol. The number of aliphatic hydroxyl groups is 1. The number of aliphatic hydroxyl groups excluding tert-OH is 1. The van der Waals surface area contributed by atoms with Crippen molar-refractivity contribution in [2.45, 2.75) is 31.4 Å². The van der Waals surface area contributed by atoms with Crippen molar-refractivity contribution >= 4 is 12.0 Å². The summed E-state index contributed by atoms with van der Waals surface area (Å²) >= 11 is 0. The van der Waals surface area contributed by atoms with Crippen molar-refractivity contribution in [3.05, 3.63) is 0 Å². The monoisotopic (exact) mass is 260 g/mol. The van der Waals surface area contributed by atoms with E-state index < -0.39 is 24.1 Å². The number of carboxylic acid groups (broad SMARTS) is 1. The van der Waals surface area contributed by atoms with Gasteiger partial charge in [0.2, 0.25) is 0 Å². The van der Waals surface area contributed by atoms with Gasteiger partial charge in [-0.15, -0.1) is 0 Å². The molecule has 2 unspecified atom stereocenters. The lowest BCUT2D eigenvalue weighted by Gasteiger charge is -2.31. The molecule has 0 aromatic heterocycles. The van der Waals surface area contributed by atoms with Crippen molar-refractivity contribution in [2.24, 2.45) is 0 Å². The van der Waals surface area contributed by atoms with Crippen LogP contribution >= 0.6 is 0 Å². The van der Waals surface area contributed by atoms with Crippen LogP contribution in [-0.4, -0.2) is 66.1 Å². The predicted octanol–water partition coefficient (Wildman–Crippen LogP) is -0.358. The average molecular weight is 260 g/mol. The Balaban J connectivity index is 2.46. The lowest BCUT2D eigenvalue weighted by molar-refractivity contribution is -0.139. The molecule has 1 fully saturated rings. The van der Waals surface area contributed by atoms with Crippen molar-refractivity contribution in [1.29, 1.82) is 0 Å². The fraction of sp³-hybridized carbons (Fsp3) is 0.818. The van der Waals surface area contributed by atoms with Gasteiger partial charge in [-0.25, -0.2) is 9.59 Å². The fourth-order valence-electron chi connectivity index (χ4n) is 1.87. The third-order valence-electron chi connectivity index (χ3n) is 2.89. The smallest absolute Gasteiger partial charge is 0.326 e. The van der Waals surface area contributed by atoms with E-state index in [-0.39, 0.29) is 19.6 Å². The van der Waals surface area contributed by atoms with Gasteiger partial charge >= 0.3 is 12.0 Å². The SMILES string of the molecule is COCCC(NC(=O)N1CCCC(O)C1)C(=O)O. The summed E-state index contributed by atoms with van der Waals surface area (Å²) in [6.07, 6.45) is 1.10. The van der Waals surface area contributed by atoms with Crippen molar-refractivity contribution in [3.63, 3.8) is 0 Å². The number of likely N-dealkylation sites (tertiary alicyclic amines) is 1. The van der Waals surface area contributed by atoms with Crippen LogP contribution in [-0.2, 0) is 9.53 Å². The first-order valence-electron chi connectivity index (χ1n) is 6.00. The highest BCUT2D eigenvalue weighted by atomic mass is 16.5. The molecule has 7 nitrogen and oxygen atoms in total. The van der Waals surface area contributed by atoms with E-state index in [9.17, 15) is 14.7 Å². The number of urea groups is 1. The maximum absolute atomic E-state index is 11.8. The van der Waals surface area contributed by atoms with Crippen LogP contribution in [0.5, 0.6) is 0 Å². The number of rotatable bonds is 5.